The summed E-state index contributed by atoms with van der Waals surface area (Å²) >= 11 is 3.43. The van der Waals surface area contributed by atoms with Crippen LogP contribution in [0.3, 0.4) is 0 Å². The molecule has 1 aromatic heterocycles. The van der Waals surface area contributed by atoms with E-state index in [-0.39, 0.29) is 0 Å². The van der Waals surface area contributed by atoms with Gasteiger partial charge in [-0.2, -0.15) is 0 Å². The Hall–Kier alpha value is -1.60. The summed E-state index contributed by atoms with van der Waals surface area (Å²) in [7, 11) is -3.30. The molecule has 2 rings (SSSR count). The van der Waals surface area contributed by atoms with Crippen molar-refractivity contribution in [1.29, 1.82) is 0 Å². The number of rotatable bonds is 4. The van der Waals surface area contributed by atoms with E-state index in [1.165, 1.54) is 0 Å². The molecule has 0 aliphatic rings. The van der Waals surface area contributed by atoms with Crippen LogP contribution in [0.1, 0.15) is 0 Å². The molecular weight excluding hydrogens is 330 g/mol. The second-order valence-corrected chi connectivity index (χ2v) is 6.51. The third kappa shape index (κ3) is 4.22. The summed E-state index contributed by atoms with van der Waals surface area (Å²) in [6, 6.07) is 11.0. The Morgan fingerprint density at radius 2 is 1.89 bits per heavy atom. The molecule has 0 radical (unpaired) electrons. The highest BCUT2D eigenvalue weighted by molar-refractivity contribution is 9.10. The van der Waals surface area contributed by atoms with Crippen molar-refractivity contribution in [2.75, 3.05) is 16.3 Å². The Labute approximate surface area is 120 Å². The highest BCUT2D eigenvalue weighted by atomic mass is 79.9. The summed E-state index contributed by atoms with van der Waals surface area (Å²) in [5.74, 6) is 0.292. The van der Waals surface area contributed by atoms with Crippen LogP contribution < -0.4 is 10.0 Å². The van der Waals surface area contributed by atoms with Gasteiger partial charge in [-0.15, -0.1) is 0 Å². The number of halogens is 1. The summed E-state index contributed by atoms with van der Waals surface area (Å²) in [6.45, 7) is 0. The third-order valence-electron chi connectivity index (χ3n) is 2.21. The van der Waals surface area contributed by atoms with E-state index in [1.54, 1.807) is 18.3 Å². The van der Waals surface area contributed by atoms with Gasteiger partial charge >= 0.3 is 0 Å². The SMILES string of the molecule is CS(=O)(=O)Nc1ccc(Nc2ccccc2Br)cn1. The summed E-state index contributed by atoms with van der Waals surface area (Å²) in [5.41, 5.74) is 1.68. The molecule has 100 valence electrons. The zero-order valence-electron chi connectivity index (χ0n) is 10.1. The van der Waals surface area contributed by atoms with Gasteiger partial charge in [0.2, 0.25) is 10.0 Å². The molecule has 0 unspecified atom stereocenters. The fraction of sp³-hybridized carbons (Fsp3) is 0.0833. The number of para-hydroxylation sites is 1. The van der Waals surface area contributed by atoms with Crippen LogP contribution in [0.4, 0.5) is 17.2 Å². The third-order valence-corrected chi connectivity index (χ3v) is 3.48. The highest BCUT2D eigenvalue weighted by Crippen LogP contribution is 2.25. The Balaban J connectivity index is 2.13. The number of benzene rings is 1. The highest BCUT2D eigenvalue weighted by Gasteiger charge is 2.03. The zero-order valence-corrected chi connectivity index (χ0v) is 12.5. The van der Waals surface area contributed by atoms with Gasteiger partial charge in [0.05, 0.1) is 23.8 Å². The van der Waals surface area contributed by atoms with Gasteiger partial charge in [0.15, 0.2) is 0 Å². The van der Waals surface area contributed by atoms with E-state index in [0.717, 1.165) is 22.1 Å². The standard InChI is InChI=1S/C12H12BrN3O2S/c1-19(17,18)16-12-7-6-9(8-14-12)15-11-5-3-2-4-10(11)13/h2-8,15H,1H3,(H,14,16). The Morgan fingerprint density at radius 1 is 1.16 bits per heavy atom. The van der Waals surface area contributed by atoms with Gasteiger partial charge < -0.3 is 5.32 Å². The van der Waals surface area contributed by atoms with Crippen molar-refractivity contribution in [2.45, 2.75) is 0 Å². The molecule has 0 saturated carbocycles. The van der Waals surface area contributed by atoms with E-state index in [4.69, 9.17) is 0 Å². The lowest BCUT2D eigenvalue weighted by atomic mass is 10.3. The molecule has 0 amide bonds. The second kappa shape index (κ2) is 5.58. The number of hydrogen-bond acceptors (Lipinski definition) is 4. The van der Waals surface area contributed by atoms with E-state index in [9.17, 15) is 8.42 Å². The van der Waals surface area contributed by atoms with Crippen LogP contribution in [-0.2, 0) is 10.0 Å². The molecule has 1 aromatic carbocycles. The quantitative estimate of drug-likeness (QED) is 0.896. The van der Waals surface area contributed by atoms with Crippen LogP contribution in [0.5, 0.6) is 0 Å². The monoisotopic (exact) mass is 341 g/mol. The van der Waals surface area contributed by atoms with Crippen molar-refractivity contribution in [3.05, 3.63) is 47.1 Å². The number of anilines is 3. The van der Waals surface area contributed by atoms with E-state index >= 15 is 0 Å². The zero-order chi connectivity index (χ0) is 13.9. The summed E-state index contributed by atoms with van der Waals surface area (Å²) in [4.78, 5) is 4.02. The first-order valence-electron chi connectivity index (χ1n) is 5.39. The molecule has 2 aromatic rings. The van der Waals surface area contributed by atoms with Crippen molar-refractivity contribution in [2.24, 2.45) is 0 Å². The first-order valence-corrected chi connectivity index (χ1v) is 8.08. The van der Waals surface area contributed by atoms with Gasteiger partial charge in [0, 0.05) is 4.47 Å². The van der Waals surface area contributed by atoms with Crippen molar-refractivity contribution < 1.29 is 8.42 Å². The maximum absolute atomic E-state index is 11.0. The molecule has 2 N–H and O–H groups in total. The van der Waals surface area contributed by atoms with Gasteiger partial charge in [-0.3, -0.25) is 4.72 Å². The van der Waals surface area contributed by atoms with E-state index in [0.29, 0.717) is 5.82 Å². The van der Waals surface area contributed by atoms with Gasteiger partial charge in [0.25, 0.3) is 0 Å². The van der Waals surface area contributed by atoms with Crippen molar-refractivity contribution in [3.63, 3.8) is 0 Å². The second-order valence-electron chi connectivity index (χ2n) is 3.91. The lowest BCUT2D eigenvalue weighted by Gasteiger charge is -2.09. The van der Waals surface area contributed by atoms with Crippen LogP contribution in [0, 0.1) is 0 Å². The molecule has 7 heteroatoms. The van der Waals surface area contributed by atoms with Gasteiger partial charge in [-0.1, -0.05) is 12.1 Å². The topological polar surface area (TPSA) is 71.1 Å². The average Bonchev–Trinajstić information content (AvgIpc) is 2.33. The Bertz CT molecular complexity index is 672. The molecule has 19 heavy (non-hydrogen) atoms. The van der Waals surface area contributed by atoms with E-state index in [1.807, 2.05) is 24.3 Å². The summed E-state index contributed by atoms with van der Waals surface area (Å²) in [6.07, 6.45) is 2.65. The first-order chi connectivity index (χ1) is 8.94. The number of hydrogen-bond donors (Lipinski definition) is 2. The number of nitrogens with one attached hydrogen (secondary N) is 2. The first kappa shape index (κ1) is 13.8. The molecule has 0 saturated heterocycles. The van der Waals surface area contributed by atoms with Gasteiger partial charge in [-0.25, -0.2) is 13.4 Å². The molecule has 0 aliphatic carbocycles. The maximum atomic E-state index is 11.0. The number of aromatic nitrogens is 1. The predicted molar refractivity (Wildman–Crippen MR) is 80.1 cm³/mol. The number of nitrogens with zero attached hydrogens (tertiary/aromatic N) is 1. The normalized spacial score (nSPS) is 11.1. The molecule has 0 aliphatic heterocycles. The molecule has 0 bridgehead atoms. The van der Waals surface area contributed by atoms with E-state index in [2.05, 4.69) is 31.0 Å². The fourth-order valence-electron chi connectivity index (χ4n) is 1.44. The molecule has 5 nitrogen and oxygen atoms in total. The predicted octanol–water partition coefficient (Wildman–Crippen LogP) is 2.96. The minimum Gasteiger partial charge on any atom is -0.353 e. The smallest absolute Gasteiger partial charge is 0.230 e. The molecule has 0 fully saturated rings. The average molecular weight is 342 g/mol. The van der Waals surface area contributed by atoms with Crippen LogP contribution in [0.25, 0.3) is 0 Å². The number of sulfonamides is 1. The largest absolute Gasteiger partial charge is 0.353 e. The molecule has 1 heterocycles. The fourth-order valence-corrected chi connectivity index (χ4v) is 2.32. The summed E-state index contributed by atoms with van der Waals surface area (Å²) < 4.78 is 25.3. The van der Waals surface area contributed by atoms with Crippen LogP contribution in [0.15, 0.2) is 47.1 Å². The number of pyridine rings is 1. The minimum absolute atomic E-state index is 0.292. The Kier molecular flexibility index (Phi) is 4.06. The molecule has 0 spiro atoms. The lowest BCUT2D eigenvalue weighted by molar-refractivity contribution is 0.606. The minimum atomic E-state index is -3.30. The van der Waals surface area contributed by atoms with E-state index < -0.39 is 10.0 Å². The summed E-state index contributed by atoms with van der Waals surface area (Å²) in [5, 5.41) is 3.18. The van der Waals surface area contributed by atoms with Crippen molar-refractivity contribution in [1.82, 2.24) is 4.98 Å². The molecular formula is C12H12BrN3O2S. The van der Waals surface area contributed by atoms with Crippen molar-refractivity contribution >= 4 is 43.1 Å². The van der Waals surface area contributed by atoms with Crippen molar-refractivity contribution in [3.8, 4) is 0 Å². The maximum Gasteiger partial charge on any atom is 0.230 e. The van der Waals surface area contributed by atoms with Gasteiger partial charge in [-0.05, 0) is 40.2 Å². The molecule has 0 atom stereocenters. The van der Waals surface area contributed by atoms with Crippen LogP contribution in [0.2, 0.25) is 0 Å². The van der Waals surface area contributed by atoms with Gasteiger partial charge in [0.1, 0.15) is 5.82 Å². The van der Waals surface area contributed by atoms with Crippen LogP contribution in [-0.4, -0.2) is 19.7 Å². The van der Waals surface area contributed by atoms with Crippen LogP contribution >= 0.6 is 15.9 Å². The lowest BCUT2D eigenvalue weighted by Crippen LogP contribution is -2.10. The Morgan fingerprint density at radius 3 is 2.47 bits per heavy atom.